The lowest BCUT2D eigenvalue weighted by Gasteiger charge is -2.23. The number of sulfonamides is 1. The number of hydrogen-bond acceptors (Lipinski definition) is 4. The van der Waals surface area contributed by atoms with E-state index in [2.05, 4.69) is 0 Å². The molecule has 1 unspecified atom stereocenters. The van der Waals surface area contributed by atoms with E-state index in [0.29, 0.717) is 0 Å². The lowest BCUT2D eigenvalue weighted by Crippen LogP contribution is -2.29. The minimum atomic E-state index is -3.93. The molecule has 1 atom stereocenters. The fourth-order valence-corrected chi connectivity index (χ4v) is 4.17. The molecule has 0 radical (unpaired) electrons. The monoisotopic (exact) mass is 343 g/mol. The van der Waals surface area contributed by atoms with Crippen LogP contribution in [0.4, 0.5) is 4.39 Å². The highest BCUT2D eigenvalue weighted by Gasteiger charge is 2.28. The number of rotatable bonds is 5. The van der Waals surface area contributed by atoms with Gasteiger partial charge in [-0.3, -0.25) is 0 Å². The van der Waals surface area contributed by atoms with Crippen molar-refractivity contribution in [2.75, 3.05) is 7.05 Å². The molecule has 5 nitrogen and oxygen atoms in total. The number of aromatic carboxylic acids is 1. The summed E-state index contributed by atoms with van der Waals surface area (Å²) in [4.78, 5) is 11.5. The Kier molecular flexibility index (Phi) is 4.64. The first-order chi connectivity index (χ1) is 10.2. The van der Waals surface area contributed by atoms with Gasteiger partial charge in [0.15, 0.2) is 0 Å². The maximum Gasteiger partial charge on any atom is 0.338 e. The molecule has 0 saturated heterocycles. The van der Waals surface area contributed by atoms with Crippen LogP contribution in [0.2, 0.25) is 0 Å². The molecular formula is C14H14FNO4S2. The topological polar surface area (TPSA) is 74.7 Å². The first kappa shape index (κ1) is 16.6. The molecule has 0 fully saturated rings. The van der Waals surface area contributed by atoms with Crippen molar-refractivity contribution in [1.29, 1.82) is 0 Å². The third-order valence-corrected chi connectivity index (χ3v) is 6.31. The minimum Gasteiger partial charge on any atom is -0.478 e. The largest absolute Gasteiger partial charge is 0.478 e. The van der Waals surface area contributed by atoms with Crippen LogP contribution < -0.4 is 0 Å². The van der Waals surface area contributed by atoms with Gasteiger partial charge in [0.2, 0.25) is 10.0 Å². The number of halogens is 1. The quantitative estimate of drug-likeness (QED) is 0.906. The molecular weight excluding hydrogens is 329 g/mol. The van der Waals surface area contributed by atoms with E-state index in [0.717, 1.165) is 27.4 Å². The summed E-state index contributed by atoms with van der Waals surface area (Å²) < 4.78 is 39.7. The Morgan fingerprint density at radius 1 is 1.36 bits per heavy atom. The average molecular weight is 343 g/mol. The Morgan fingerprint density at radius 3 is 2.59 bits per heavy atom. The normalized spacial score (nSPS) is 13.3. The van der Waals surface area contributed by atoms with Gasteiger partial charge in [-0.15, -0.1) is 11.3 Å². The van der Waals surface area contributed by atoms with E-state index >= 15 is 0 Å². The van der Waals surface area contributed by atoms with Crippen molar-refractivity contribution >= 4 is 27.3 Å². The van der Waals surface area contributed by atoms with Crippen LogP contribution >= 0.6 is 11.3 Å². The van der Waals surface area contributed by atoms with Gasteiger partial charge < -0.3 is 5.11 Å². The van der Waals surface area contributed by atoms with Gasteiger partial charge in [0.25, 0.3) is 0 Å². The minimum absolute atomic E-state index is 0.253. The summed E-state index contributed by atoms with van der Waals surface area (Å²) in [6, 6.07) is 5.97. The zero-order valence-electron chi connectivity index (χ0n) is 11.9. The molecule has 2 rings (SSSR count). The number of thiophene rings is 1. The van der Waals surface area contributed by atoms with Crippen molar-refractivity contribution < 1.29 is 22.7 Å². The number of benzene rings is 1. The third kappa shape index (κ3) is 3.03. The van der Waals surface area contributed by atoms with E-state index < -0.39 is 33.4 Å². The predicted octanol–water partition coefficient (Wildman–Crippen LogP) is 2.97. The molecule has 118 valence electrons. The highest BCUT2D eigenvalue weighted by Crippen LogP contribution is 2.29. The summed E-state index contributed by atoms with van der Waals surface area (Å²) in [6.07, 6.45) is 0. The second-order valence-electron chi connectivity index (χ2n) is 4.66. The Bertz CT molecular complexity index is 787. The number of hydrogen-bond donors (Lipinski definition) is 1. The van der Waals surface area contributed by atoms with Gasteiger partial charge in [-0.05, 0) is 36.6 Å². The molecule has 1 N–H and O–H groups in total. The number of carbonyl (C=O) groups is 1. The van der Waals surface area contributed by atoms with E-state index in [1.807, 2.05) is 17.5 Å². The van der Waals surface area contributed by atoms with Gasteiger partial charge in [0.1, 0.15) is 5.82 Å². The Morgan fingerprint density at radius 2 is 2.05 bits per heavy atom. The summed E-state index contributed by atoms with van der Waals surface area (Å²) in [5, 5.41) is 10.7. The zero-order valence-corrected chi connectivity index (χ0v) is 13.5. The Labute approximate surface area is 131 Å². The van der Waals surface area contributed by atoms with Crippen molar-refractivity contribution in [2.24, 2.45) is 0 Å². The van der Waals surface area contributed by atoms with E-state index in [1.54, 1.807) is 6.92 Å². The highest BCUT2D eigenvalue weighted by molar-refractivity contribution is 7.89. The molecule has 1 heterocycles. The van der Waals surface area contributed by atoms with Gasteiger partial charge >= 0.3 is 5.97 Å². The zero-order chi connectivity index (χ0) is 16.5. The lowest BCUT2D eigenvalue weighted by atomic mass is 10.2. The van der Waals surface area contributed by atoms with Crippen LogP contribution in [0, 0.1) is 5.82 Å². The number of carboxylic acids is 1. The highest BCUT2D eigenvalue weighted by atomic mass is 32.2. The second-order valence-corrected chi connectivity index (χ2v) is 7.64. The summed E-state index contributed by atoms with van der Waals surface area (Å²) in [6.45, 7) is 1.73. The molecule has 0 saturated carbocycles. The summed E-state index contributed by atoms with van der Waals surface area (Å²) >= 11 is 1.42. The maximum atomic E-state index is 13.4. The second kappa shape index (κ2) is 6.15. The predicted molar refractivity (Wildman–Crippen MR) is 81.0 cm³/mol. The first-order valence-corrected chi connectivity index (χ1v) is 8.61. The lowest BCUT2D eigenvalue weighted by molar-refractivity contribution is 0.0691. The van der Waals surface area contributed by atoms with Crippen molar-refractivity contribution in [3.63, 3.8) is 0 Å². The van der Waals surface area contributed by atoms with Crippen LogP contribution in [0.25, 0.3) is 0 Å². The molecule has 0 spiro atoms. The molecule has 0 bridgehead atoms. The standard InChI is InChI=1S/C14H14FNO4S2/c1-9(13-4-3-7-21-13)16(2)22(19,20)10-5-6-12(15)11(8-10)14(17)18/h3-9H,1-2H3,(H,17,18). The van der Waals surface area contributed by atoms with Gasteiger partial charge in [-0.25, -0.2) is 17.6 Å². The van der Waals surface area contributed by atoms with Crippen molar-refractivity contribution in [3.8, 4) is 0 Å². The van der Waals surface area contributed by atoms with E-state index in [1.165, 1.54) is 18.4 Å². The van der Waals surface area contributed by atoms with Gasteiger partial charge in [0, 0.05) is 11.9 Å². The smallest absolute Gasteiger partial charge is 0.338 e. The molecule has 0 amide bonds. The van der Waals surface area contributed by atoms with Gasteiger partial charge in [0.05, 0.1) is 16.5 Å². The summed E-state index contributed by atoms with van der Waals surface area (Å²) in [5.41, 5.74) is -0.668. The first-order valence-electron chi connectivity index (χ1n) is 6.29. The van der Waals surface area contributed by atoms with Crippen LogP contribution in [-0.2, 0) is 10.0 Å². The molecule has 0 aliphatic carbocycles. The van der Waals surface area contributed by atoms with Gasteiger partial charge in [-0.2, -0.15) is 4.31 Å². The van der Waals surface area contributed by atoms with E-state index in [4.69, 9.17) is 5.11 Å². The average Bonchev–Trinajstić information content (AvgIpc) is 2.99. The van der Waals surface area contributed by atoms with Crippen LogP contribution in [0.15, 0.2) is 40.6 Å². The summed E-state index contributed by atoms with van der Waals surface area (Å²) in [7, 11) is -2.52. The fourth-order valence-electron chi connectivity index (χ4n) is 1.91. The van der Waals surface area contributed by atoms with Crippen LogP contribution in [0.1, 0.15) is 28.2 Å². The SMILES string of the molecule is CC(c1cccs1)N(C)S(=O)(=O)c1ccc(F)c(C(=O)O)c1. The van der Waals surface area contributed by atoms with Crippen LogP contribution in [0.3, 0.4) is 0 Å². The molecule has 22 heavy (non-hydrogen) atoms. The molecule has 0 aliphatic heterocycles. The maximum absolute atomic E-state index is 13.4. The molecule has 1 aromatic heterocycles. The van der Waals surface area contributed by atoms with Gasteiger partial charge in [-0.1, -0.05) is 6.07 Å². The molecule has 8 heteroatoms. The van der Waals surface area contributed by atoms with Crippen LogP contribution in [-0.4, -0.2) is 30.8 Å². The van der Waals surface area contributed by atoms with Crippen LogP contribution in [0.5, 0.6) is 0 Å². The summed E-state index contributed by atoms with van der Waals surface area (Å²) in [5.74, 6) is -2.48. The Hall–Kier alpha value is -1.77. The van der Waals surface area contributed by atoms with Crippen molar-refractivity contribution in [1.82, 2.24) is 4.31 Å². The number of carboxylic acid groups (broad SMARTS) is 1. The van der Waals surface area contributed by atoms with Crippen molar-refractivity contribution in [2.45, 2.75) is 17.9 Å². The third-order valence-electron chi connectivity index (χ3n) is 3.35. The molecule has 2 aromatic rings. The Balaban J connectivity index is 2.42. The molecule has 1 aromatic carbocycles. The fraction of sp³-hybridized carbons (Fsp3) is 0.214. The van der Waals surface area contributed by atoms with E-state index in [9.17, 15) is 17.6 Å². The van der Waals surface area contributed by atoms with Crippen molar-refractivity contribution in [3.05, 3.63) is 52.0 Å². The molecule has 0 aliphatic rings. The number of nitrogens with zero attached hydrogens (tertiary/aromatic N) is 1. The van der Waals surface area contributed by atoms with E-state index in [-0.39, 0.29) is 4.90 Å².